The molecule has 1 fully saturated rings. The molecule has 1 saturated heterocycles. The molecule has 5 heteroatoms. The maximum atomic E-state index is 5.10. The van der Waals surface area contributed by atoms with Crippen LogP contribution in [0.25, 0.3) is 5.65 Å². The highest BCUT2D eigenvalue weighted by atomic mass is 16.5. The lowest BCUT2D eigenvalue weighted by Gasteiger charge is -2.21. The molecule has 90 valence electrons. The van der Waals surface area contributed by atoms with Crippen molar-refractivity contribution in [1.82, 2.24) is 19.9 Å². The van der Waals surface area contributed by atoms with Crippen molar-refractivity contribution >= 4 is 5.65 Å². The highest BCUT2D eigenvalue weighted by Crippen LogP contribution is 2.23. The van der Waals surface area contributed by atoms with Crippen molar-refractivity contribution in [3.63, 3.8) is 0 Å². The van der Waals surface area contributed by atoms with Gasteiger partial charge in [0.1, 0.15) is 0 Å². The first kappa shape index (κ1) is 10.5. The Hall–Kier alpha value is -1.62. The fourth-order valence-corrected chi connectivity index (χ4v) is 2.31. The van der Waals surface area contributed by atoms with Gasteiger partial charge in [-0.25, -0.2) is 4.52 Å². The summed E-state index contributed by atoms with van der Waals surface area (Å²) in [6.07, 6.45) is 4.13. The predicted octanol–water partition coefficient (Wildman–Crippen LogP) is 1.20. The van der Waals surface area contributed by atoms with E-state index in [4.69, 9.17) is 4.74 Å². The molecule has 0 atom stereocenters. The number of fused-ring (bicyclic) bond motifs is 1. The van der Waals surface area contributed by atoms with E-state index < -0.39 is 0 Å². The van der Waals surface area contributed by atoms with E-state index in [-0.39, 0.29) is 0 Å². The van der Waals surface area contributed by atoms with Gasteiger partial charge in [0.15, 0.2) is 5.65 Å². The average molecular weight is 232 g/mol. The summed E-state index contributed by atoms with van der Waals surface area (Å²) < 4.78 is 6.90. The number of nitrogens with one attached hydrogen (secondary N) is 1. The summed E-state index contributed by atoms with van der Waals surface area (Å²) in [5.41, 5.74) is 1.98. The molecule has 1 aliphatic heterocycles. The number of hydrogen-bond donors (Lipinski definition) is 1. The maximum Gasteiger partial charge on any atom is 0.234 e. The zero-order chi connectivity index (χ0) is 11.7. The summed E-state index contributed by atoms with van der Waals surface area (Å²) in [4.78, 5) is 4.28. The first-order valence-corrected chi connectivity index (χ1v) is 5.98. The van der Waals surface area contributed by atoms with Gasteiger partial charge in [-0.15, -0.1) is 0 Å². The first-order chi connectivity index (χ1) is 8.36. The lowest BCUT2D eigenvalue weighted by molar-refractivity contribution is 0.400. The van der Waals surface area contributed by atoms with Gasteiger partial charge in [-0.2, -0.15) is 10.1 Å². The molecule has 17 heavy (non-hydrogen) atoms. The molecule has 0 bridgehead atoms. The molecular weight excluding hydrogens is 216 g/mol. The Kier molecular flexibility index (Phi) is 2.68. The van der Waals surface area contributed by atoms with Crippen molar-refractivity contribution in [3.05, 3.63) is 24.0 Å². The highest BCUT2D eigenvalue weighted by molar-refractivity contribution is 5.40. The number of hydrogen-bond acceptors (Lipinski definition) is 4. The van der Waals surface area contributed by atoms with Crippen LogP contribution in [0.1, 0.15) is 24.5 Å². The summed E-state index contributed by atoms with van der Waals surface area (Å²) in [7, 11) is 1.62. The van der Waals surface area contributed by atoms with E-state index in [0.29, 0.717) is 11.8 Å². The molecule has 0 saturated carbocycles. The number of nitrogens with zero attached hydrogens (tertiary/aromatic N) is 3. The average Bonchev–Trinajstić information content (AvgIpc) is 2.81. The van der Waals surface area contributed by atoms with Gasteiger partial charge in [-0.3, -0.25) is 0 Å². The molecule has 3 heterocycles. The van der Waals surface area contributed by atoms with Gasteiger partial charge < -0.3 is 10.1 Å². The molecule has 3 rings (SSSR count). The van der Waals surface area contributed by atoms with Crippen molar-refractivity contribution in [3.8, 4) is 5.88 Å². The van der Waals surface area contributed by atoms with Crippen molar-refractivity contribution in [1.29, 1.82) is 0 Å². The van der Waals surface area contributed by atoms with E-state index in [1.54, 1.807) is 11.6 Å². The van der Waals surface area contributed by atoms with Crippen LogP contribution in [-0.2, 0) is 0 Å². The molecule has 1 aliphatic rings. The van der Waals surface area contributed by atoms with E-state index in [0.717, 1.165) is 37.3 Å². The molecule has 0 unspecified atom stereocenters. The zero-order valence-corrected chi connectivity index (χ0v) is 9.89. The minimum absolute atomic E-state index is 0.564. The summed E-state index contributed by atoms with van der Waals surface area (Å²) in [5.74, 6) is 1.18. The lowest BCUT2D eigenvalue weighted by Crippen LogP contribution is -2.27. The summed E-state index contributed by atoms with van der Waals surface area (Å²) in [6.45, 7) is 2.16. The third-order valence-corrected chi connectivity index (χ3v) is 3.29. The minimum Gasteiger partial charge on any atom is -0.480 e. The zero-order valence-electron chi connectivity index (χ0n) is 9.89. The standard InChI is InChI=1S/C12H16N4O/c1-17-12-8-16-11(14-12)3-2-10(15-16)9-4-6-13-7-5-9/h2-3,8-9,13H,4-7H2,1H3. The fourth-order valence-electron chi connectivity index (χ4n) is 2.31. The van der Waals surface area contributed by atoms with E-state index in [9.17, 15) is 0 Å². The Bertz CT molecular complexity index is 516. The monoisotopic (exact) mass is 232 g/mol. The largest absolute Gasteiger partial charge is 0.480 e. The van der Waals surface area contributed by atoms with Crippen LogP contribution >= 0.6 is 0 Å². The van der Waals surface area contributed by atoms with E-state index in [2.05, 4.69) is 21.5 Å². The summed E-state index contributed by atoms with van der Waals surface area (Å²) in [6, 6.07) is 4.09. The van der Waals surface area contributed by atoms with E-state index in [1.807, 2.05) is 12.3 Å². The van der Waals surface area contributed by atoms with Crippen LogP contribution in [0.4, 0.5) is 0 Å². The second-order valence-corrected chi connectivity index (χ2v) is 4.37. The van der Waals surface area contributed by atoms with Crippen LogP contribution in [0.3, 0.4) is 0 Å². The molecule has 0 aliphatic carbocycles. The molecule has 5 nitrogen and oxygen atoms in total. The molecule has 0 amide bonds. The number of rotatable bonds is 2. The third-order valence-electron chi connectivity index (χ3n) is 3.29. The quantitative estimate of drug-likeness (QED) is 0.845. The number of imidazole rings is 1. The lowest BCUT2D eigenvalue weighted by atomic mass is 9.94. The Balaban J connectivity index is 1.94. The number of ether oxygens (including phenoxy) is 1. The highest BCUT2D eigenvalue weighted by Gasteiger charge is 2.17. The maximum absolute atomic E-state index is 5.10. The van der Waals surface area contributed by atoms with E-state index in [1.165, 1.54) is 0 Å². The Morgan fingerprint density at radius 2 is 2.18 bits per heavy atom. The SMILES string of the molecule is COc1cn2nc(C3CCNCC3)ccc2n1. The number of aromatic nitrogens is 3. The molecule has 1 N–H and O–H groups in total. The van der Waals surface area contributed by atoms with Gasteiger partial charge >= 0.3 is 0 Å². The van der Waals surface area contributed by atoms with Crippen LogP contribution in [0.5, 0.6) is 5.88 Å². The van der Waals surface area contributed by atoms with Crippen molar-refractivity contribution in [2.24, 2.45) is 0 Å². The fraction of sp³-hybridized carbons (Fsp3) is 0.500. The van der Waals surface area contributed by atoms with Crippen molar-refractivity contribution in [2.75, 3.05) is 20.2 Å². The molecular formula is C12H16N4O. The molecule has 0 spiro atoms. The minimum atomic E-state index is 0.564. The molecule has 2 aromatic heterocycles. The van der Waals surface area contributed by atoms with Crippen LogP contribution < -0.4 is 10.1 Å². The van der Waals surface area contributed by atoms with Crippen LogP contribution in [-0.4, -0.2) is 34.8 Å². The topological polar surface area (TPSA) is 51.5 Å². The van der Waals surface area contributed by atoms with Crippen molar-refractivity contribution in [2.45, 2.75) is 18.8 Å². The van der Waals surface area contributed by atoms with Gasteiger partial charge in [0.25, 0.3) is 0 Å². The third kappa shape index (κ3) is 1.98. The smallest absolute Gasteiger partial charge is 0.234 e. The second-order valence-electron chi connectivity index (χ2n) is 4.37. The Morgan fingerprint density at radius 3 is 2.94 bits per heavy atom. The summed E-state index contributed by atoms with van der Waals surface area (Å²) in [5, 5.41) is 7.98. The Labute approximate surface area is 99.8 Å². The van der Waals surface area contributed by atoms with Gasteiger partial charge in [-0.05, 0) is 38.1 Å². The second kappa shape index (κ2) is 4.33. The predicted molar refractivity (Wildman–Crippen MR) is 64.4 cm³/mol. The van der Waals surface area contributed by atoms with Gasteiger partial charge in [0.05, 0.1) is 19.0 Å². The van der Waals surface area contributed by atoms with Crippen LogP contribution in [0.2, 0.25) is 0 Å². The van der Waals surface area contributed by atoms with Gasteiger partial charge in [0.2, 0.25) is 5.88 Å². The molecule has 0 radical (unpaired) electrons. The summed E-state index contributed by atoms with van der Waals surface area (Å²) >= 11 is 0. The number of methoxy groups -OCH3 is 1. The molecule has 0 aromatic carbocycles. The van der Waals surface area contributed by atoms with Crippen LogP contribution in [0.15, 0.2) is 18.3 Å². The van der Waals surface area contributed by atoms with Gasteiger partial charge in [0, 0.05) is 5.92 Å². The van der Waals surface area contributed by atoms with E-state index >= 15 is 0 Å². The Morgan fingerprint density at radius 1 is 1.35 bits per heavy atom. The normalized spacial score (nSPS) is 17.5. The van der Waals surface area contributed by atoms with Crippen LogP contribution in [0, 0.1) is 0 Å². The number of piperidine rings is 1. The first-order valence-electron chi connectivity index (χ1n) is 5.98. The van der Waals surface area contributed by atoms with Gasteiger partial charge in [-0.1, -0.05) is 0 Å². The molecule has 2 aromatic rings. The van der Waals surface area contributed by atoms with Crippen molar-refractivity contribution < 1.29 is 4.74 Å².